The van der Waals surface area contributed by atoms with E-state index in [9.17, 15) is 19.5 Å². The van der Waals surface area contributed by atoms with Crippen LogP contribution in [0, 0.1) is 11.3 Å². The standard InChI is InChI=1S/C21H21N3O5/c1-24(2)20(26)16-8-6-15(7-9-16)19(25)23-18(21(27)28)10-11-29-17-5-3-4-14(12-17)13-22/h3-9,12,18H,10-11H2,1-2H3,(H,23,25)(H,27,28)/t18-/m0/s1. The summed E-state index contributed by atoms with van der Waals surface area (Å²) in [7, 11) is 3.25. The van der Waals surface area contributed by atoms with Crippen molar-refractivity contribution >= 4 is 17.8 Å². The summed E-state index contributed by atoms with van der Waals surface area (Å²) in [6, 6.07) is 13.3. The van der Waals surface area contributed by atoms with E-state index in [0.29, 0.717) is 16.9 Å². The van der Waals surface area contributed by atoms with Crippen LogP contribution >= 0.6 is 0 Å². The lowest BCUT2D eigenvalue weighted by molar-refractivity contribution is -0.139. The fourth-order valence-electron chi connectivity index (χ4n) is 2.47. The molecular formula is C21H21N3O5. The molecule has 2 aromatic rings. The first-order valence-electron chi connectivity index (χ1n) is 8.80. The molecule has 8 nitrogen and oxygen atoms in total. The molecule has 2 aromatic carbocycles. The van der Waals surface area contributed by atoms with Crippen LogP contribution in [0.2, 0.25) is 0 Å². The summed E-state index contributed by atoms with van der Waals surface area (Å²) in [5.41, 5.74) is 1.10. The normalized spacial score (nSPS) is 11.1. The van der Waals surface area contributed by atoms with Gasteiger partial charge in [-0.3, -0.25) is 9.59 Å². The maximum atomic E-state index is 12.3. The van der Waals surface area contributed by atoms with Gasteiger partial charge in [0.2, 0.25) is 0 Å². The first-order valence-corrected chi connectivity index (χ1v) is 8.80. The molecule has 1 atom stereocenters. The van der Waals surface area contributed by atoms with Gasteiger partial charge in [-0.1, -0.05) is 6.07 Å². The van der Waals surface area contributed by atoms with E-state index >= 15 is 0 Å². The Morgan fingerprint density at radius 2 is 1.79 bits per heavy atom. The van der Waals surface area contributed by atoms with E-state index in [1.54, 1.807) is 38.4 Å². The van der Waals surface area contributed by atoms with Crippen molar-refractivity contribution in [2.75, 3.05) is 20.7 Å². The second kappa shape index (κ2) is 9.90. The summed E-state index contributed by atoms with van der Waals surface area (Å²) in [4.78, 5) is 37.1. The van der Waals surface area contributed by atoms with Gasteiger partial charge in [0.15, 0.2) is 0 Å². The Kier molecular flexibility index (Phi) is 7.32. The smallest absolute Gasteiger partial charge is 0.326 e. The number of carboxylic acids is 1. The molecule has 8 heteroatoms. The van der Waals surface area contributed by atoms with E-state index in [-0.39, 0.29) is 24.5 Å². The average molecular weight is 395 g/mol. The van der Waals surface area contributed by atoms with Gasteiger partial charge in [0.25, 0.3) is 11.8 Å². The lowest BCUT2D eigenvalue weighted by Crippen LogP contribution is -2.41. The number of aliphatic carboxylic acids is 1. The minimum absolute atomic E-state index is 0.0368. The molecular weight excluding hydrogens is 374 g/mol. The van der Waals surface area contributed by atoms with Gasteiger partial charge < -0.3 is 20.1 Å². The SMILES string of the molecule is CN(C)C(=O)c1ccc(C(=O)N[C@@H](CCOc2cccc(C#N)c2)C(=O)O)cc1. The van der Waals surface area contributed by atoms with Crippen molar-refractivity contribution in [2.45, 2.75) is 12.5 Å². The zero-order valence-corrected chi connectivity index (χ0v) is 16.1. The van der Waals surface area contributed by atoms with Crippen molar-refractivity contribution in [1.29, 1.82) is 5.26 Å². The Bertz CT molecular complexity index is 932. The van der Waals surface area contributed by atoms with Crippen molar-refractivity contribution in [3.63, 3.8) is 0 Å². The minimum Gasteiger partial charge on any atom is -0.493 e. The van der Waals surface area contributed by atoms with Gasteiger partial charge in [0, 0.05) is 31.6 Å². The highest BCUT2D eigenvalue weighted by molar-refractivity contribution is 5.98. The van der Waals surface area contributed by atoms with Crippen LogP contribution in [-0.4, -0.2) is 54.5 Å². The van der Waals surface area contributed by atoms with Crippen LogP contribution in [0.15, 0.2) is 48.5 Å². The number of hydrogen-bond acceptors (Lipinski definition) is 5. The predicted molar refractivity (Wildman–Crippen MR) is 105 cm³/mol. The molecule has 0 radical (unpaired) electrons. The Labute approximate surface area is 168 Å². The molecule has 0 fully saturated rings. The third-order valence-electron chi connectivity index (χ3n) is 4.04. The molecule has 0 saturated carbocycles. The second-order valence-electron chi connectivity index (χ2n) is 6.42. The quantitative estimate of drug-likeness (QED) is 0.705. The summed E-state index contributed by atoms with van der Waals surface area (Å²) in [5.74, 6) is -1.50. The van der Waals surface area contributed by atoms with Gasteiger partial charge in [-0.05, 0) is 42.5 Å². The third kappa shape index (κ3) is 6.07. The molecule has 0 bridgehead atoms. The van der Waals surface area contributed by atoms with E-state index in [1.165, 1.54) is 29.2 Å². The number of amides is 2. The molecule has 0 aliphatic heterocycles. The lowest BCUT2D eigenvalue weighted by atomic mass is 10.1. The highest BCUT2D eigenvalue weighted by atomic mass is 16.5. The summed E-state index contributed by atoms with van der Waals surface area (Å²) >= 11 is 0. The monoisotopic (exact) mass is 395 g/mol. The van der Waals surface area contributed by atoms with E-state index < -0.39 is 17.9 Å². The summed E-state index contributed by atoms with van der Waals surface area (Å²) in [5, 5.41) is 20.7. The zero-order chi connectivity index (χ0) is 21.4. The van der Waals surface area contributed by atoms with Crippen molar-refractivity contribution in [2.24, 2.45) is 0 Å². The van der Waals surface area contributed by atoms with Crippen LogP contribution < -0.4 is 10.1 Å². The number of carboxylic acid groups (broad SMARTS) is 1. The van der Waals surface area contributed by atoms with Crippen LogP contribution in [0.25, 0.3) is 0 Å². The van der Waals surface area contributed by atoms with Gasteiger partial charge in [-0.25, -0.2) is 4.79 Å². The summed E-state index contributed by atoms with van der Waals surface area (Å²) in [6.07, 6.45) is 0.0368. The Balaban J connectivity index is 1.95. The number of carbonyl (C=O) groups is 3. The summed E-state index contributed by atoms with van der Waals surface area (Å²) in [6.45, 7) is 0.0441. The molecule has 2 amide bonds. The maximum Gasteiger partial charge on any atom is 0.326 e. The van der Waals surface area contributed by atoms with Crippen molar-refractivity contribution in [3.05, 3.63) is 65.2 Å². The minimum atomic E-state index is -1.19. The fraction of sp³-hybridized carbons (Fsp3) is 0.238. The largest absolute Gasteiger partial charge is 0.493 e. The molecule has 150 valence electrons. The molecule has 2 rings (SSSR count). The first-order chi connectivity index (χ1) is 13.8. The molecule has 0 aromatic heterocycles. The lowest BCUT2D eigenvalue weighted by Gasteiger charge is -2.15. The molecule has 2 N–H and O–H groups in total. The number of nitrogens with one attached hydrogen (secondary N) is 1. The summed E-state index contributed by atoms with van der Waals surface area (Å²) < 4.78 is 5.47. The van der Waals surface area contributed by atoms with Gasteiger partial charge in [0.1, 0.15) is 11.8 Å². The molecule has 0 heterocycles. The number of carbonyl (C=O) groups excluding carboxylic acids is 2. The van der Waals surface area contributed by atoms with Crippen molar-refractivity contribution < 1.29 is 24.2 Å². The van der Waals surface area contributed by atoms with Crippen molar-refractivity contribution in [3.8, 4) is 11.8 Å². The zero-order valence-electron chi connectivity index (χ0n) is 16.1. The van der Waals surface area contributed by atoms with Gasteiger partial charge >= 0.3 is 5.97 Å². The second-order valence-corrected chi connectivity index (χ2v) is 6.42. The Hall–Kier alpha value is -3.86. The van der Waals surface area contributed by atoms with Gasteiger partial charge in [0.05, 0.1) is 18.2 Å². The molecule has 0 spiro atoms. The number of rotatable bonds is 8. The van der Waals surface area contributed by atoms with Gasteiger partial charge in [-0.15, -0.1) is 0 Å². The van der Waals surface area contributed by atoms with E-state index in [2.05, 4.69) is 5.32 Å². The molecule has 0 aliphatic rings. The number of nitriles is 1. The fourth-order valence-corrected chi connectivity index (χ4v) is 2.47. The topological polar surface area (TPSA) is 120 Å². The average Bonchev–Trinajstić information content (AvgIpc) is 2.72. The highest BCUT2D eigenvalue weighted by Crippen LogP contribution is 2.13. The first kappa shape index (κ1) is 21.4. The van der Waals surface area contributed by atoms with E-state index in [4.69, 9.17) is 10.00 Å². The Morgan fingerprint density at radius 3 is 2.38 bits per heavy atom. The molecule has 0 unspecified atom stereocenters. The third-order valence-corrected chi connectivity index (χ3v) is 4.04. The van der Waals surface area contributed by atoms with Crippen LogP contribution in [0.1, 0.15) is 32.7 Å². The maximum absolute atomic E-state index is 12.3. The predicted octanol–water partition coefficient (Wildman–Crippen LogP) is 1.91. The molecule has 0 saturated heterocycles. The van der Waals surface area contributed by atoms with Crippen LogP contribution in [-0.2, 0) is 4.79 Å². The van der Waals surface area contributed by atoms with E-state index in [0.717, 1.165) is 0 Å². The molecule has 0 aliphatic carbocycles. The number of nitrogens with zero attached hydrogens (tertiary/aromatic N) is 2. The number of ether oxygens (including phenoxy) is 1. The number of hydrogen-bond donors (Lipinski definition) is 2. The van der Waals surface area contributed by atoms with Crippen LogP contribution in [0.3, 0.4) is 0 Å². The number of benzene rings is 2. The van der Waals surface area contributed by atoms with Crippen LogP contribution in [0.5, 0.6) is 5.75 Å². The Morgan fingerprint density at radius 1 is 1.14 bits per heavy atom. The van der Waals surface area contributed by atoms with E-state index in [1.807, 2.05) is 6.07 Å². The van der Waals surface area contributed by atoms with Crippen LogP contribution in [0.4, 0.5) is 0 Å². The van der Waals surface area contributed by atoms with Gasteiger partial charge in [-0.2, -0.15) is 5.26 Å². The highest BCUT2D eigenvalue weighted by Gasteiger charge is 2.21. The molecule has 29 heavy (non-hydrogen) atoms. The van der Waals surface area contributed by atoms with Crippen molar-refractivity contribution in [1.82, 2.24) is 10.2 Å².